The van der Waals surface area contributed by atoms with Crippen LogP contribution in [0.1, 0.15) is 36.4 Å². The third-order valence-electron chi connectivity index (χ3n) is 5.22. The average molecular weight is 555 g/mol. The van der Waals surface area contributed by atoms with Gasteiger partial charge in [-0.3, -0.25) is 9.59 Å². The molecule has 4 rings (SSSR count). The predicted octanol–water partition coefficient (Wildman–Crippen LogP) is 6.31. The van der Waals surface area contributed by atoms with Crippen molar-refractivity contribution in [2.45, 2.75) is 25.3 Å². The summed E-state index contributed by atoms with van der Waals surface area (Å²) in [6.07, 6.45) is 0.800. The Morgan fingerprint density at radius 2 is 1.50 bits per heavy atom. The molecule has 1 atom stereocenters. The van der Waals surface area contributed by atoms with Crippen LogP contribution in [0.4, 0.5) is 5.69 Å². The van der Waals surface area contributed by atoms with Crippen molar-refractivity contribution in [1.29, 1.82) is 0 Å². The highest BCUT2D eigenvalue weighted by molar-refractivity contribution is 9.10. The minimum absolute atomic E-state index is 0.0861. The third kappa shape index (κ3) is 5.53. The van der Waals surface area contributed by atoms with Crippen LogP contribution >= 0.6 is 31.9 Å². The van der Waals surface area contributed by atoms with Gasteiger partial charge in [0.15, 0.2) is 0 Å². The van der Waals surface area contributed by atoms with Gasteiger partial charge in [-0.2, -0.15) is 5.10 Å². The monoisotopic (exact) mass is 553 g/mol. The second-order valence-corrected chi connectivity index (χ2v) is 9.31. The zero-order chi connectivity index (χ0) is 22.5. The van der Waals surface area contributed by atoms with Gasteiger partial charge < -0.3 is 5.32 Å². The predicted molar refractivity (Wildman–Crippen MR) is 133 cm³/mol. The van der Waals surface area contributed by atoms with Crippen molar-refractivity contribution >= 4 is 55.1 Å². The highest BCUT2D eigenvalue weighted by Crippen LogP contribution is 2.34. The van der Waals surface area contributed by atoms with E-state index in [4.69, 9.17) is 0 Å². The van der Waals surface area contributed by atoms with E-state index in [1.807, 2.05) is 78.9 Å². The molecule has 162 valence electrons. The van der Waals surface area contributed by atoms with Crippen LogP contribution in [-0.2, 0) is 9.59 Å². The van der Waals surface area contributed by atoms with E-state index in [2.05, 4.69) is 42.3 Å². The van der Waals surface area contributed by atoms with Crippen molar-refractivity contribution in [3.8, 4) is 0 Å². The standard InChI is InChI=1S/C25H21Br2N3O2/c26-19-10-6-17(7-11-19)22-16-23(18-8-12-20(27)13-9-18)30(29-22)25(32)15-14-24(31)28-21-4-2-1-3-5-21/h1-13,23H,14-16H2,(H,28,31)/t23-/m1/s1. The number of nitrogens with one attached hydrogen (secondary N) is 1. The van der Waals surface area contributed by atoms with Crippen molar-refractivity contribution < 1.29 is 9.59 Å². The number of anilines is 1. The molecule has 0 aliphatic carbocycles. The fourth-order valence-electron chi connectivity index (χ4n) is 3.58. The lowest BCUT2D eigenvalue weighted by atomic mass is 9.98. The fraction of sp³-hybridized carbons (Fsp3) is 0.160. The van der Waals surface area contributed by atoms with Gasteiger partial charge >= 0.3 is 0 Å². The molecule has 0 spiro atoms. The summed E-state index contributed by atoms with van der Waals surface area (Å²) in [5.74, 6) is -0.366. The first kappa shape index (κ1) is 22.4. The molecule has 0 bridgehead atoms. The molecule has 0 saturated heterocycles. The van der Waals surface area contributed by atoms with E-state index in [0.717, 1.165) is 31.5 Å². The van der Waals surface area contributed by atoms with Gasteiger partial charge in [-0.25, -0.2) is 5.01 Å². The van der Waals surface area contributed by atoms with E-state index in [0.29, 0.717) is 6.42 Å². The number of hydrazone groups is 1. The normalized spacial score (nSPS) is 15.4. The Hall–Kier alpha value is -2.77. The van der Waals surface area contributed by atoms with Crippen LogP contribution in [-0.4, -0.2) is 22.5 Å². The van der Waals surface area contributed by atoms with E-state index in [1.165, 1.54) is 5.01 Å². The molecule has 3 aromatic rings. The lowest BCUT2D eigenvalue weighted by Gasteiger charge is -2.22. The van der Waals surface area contributed by atoms with Gasteiger partial charge in [-0.05, 0) is 47.5 Å². The number of nitrogens with zero attached hydrogens (tertiary/aromatic N) is 2. The van der Waals surface area contributed by atoms with Gasteiger partial charge in [-0.1, -0.05) is 74.3 Å². The molecular weight excluding hydrogens is 534 g/mol. The Morgan fingerprint density at radius 3 is 2.16 bits per heavy atom. The molecule has 0 fully saturated rings. The maximum absolute atomic E-state index is 13.1. The Morgan fingerprint density at radius 1 is 0.875 bits per heavy atom. The number of hydrogen-bond donors (Lipinski definition) is 1. The number of para-hydroxylation sites is 1. The zero-order valence-corrected chi connectivity index (χ0v) is 20.3. The number of carbonyl (C=O) groups is 2. The first-order valence-corrected chi connectivity index (χ1v) is 11.8. The van der Waals surface area contributed by atoms with Crippen LogP contribution in [0.5, 0.6) is 0 Å². The van der Waals surface area contributed by atoms with E-state index >= 15 is 0 Å². The molecule has 7 heteroatoms. The van der Waals surface area contributed by atoms with Gasteiger partial charge in [0, 0.05) is 33.9 Å². The summed E-state index contributed by atoms with van der Waals surface area (Å²) >= 11 is 6.92. The van der Waals surface area contributed by atoms with Crippen LogP contribution in [0.2, 0.25) is 0 Å². The molecule has 1 N–H and O–H groups in total. The Labute approximate surface area is 203 Å². The molecule has 0 saturated carbocycles. The molecule has 1 aliphatic rings. The smallest absolute Gasteiger partial charge is 0.243 e. The van der Waals surface area contributed by atoms with Crippen molar-refractivity contribution in [3.63, 3.8) is 0 Å². The number of hydrogen-bond acceptors (Lipinski definition) is 3. The first-order chi connectivity index (χ1) is 15.5. The quantitative estimate of drug-likeness (QED) is 0.388. The van der Waals surface area contributed by atoms with Crippen LogP contribution in [0.15, 0.2) is 92.9 Å². The molecule has 32 heavy (non-hydrogen) atoms. The molecular formula is C25H21Br2N3O2. The summed E-state index contributed by atoms with van der Waals surface area (Å²) in [7, 11) is 0. The van der Waals surface area contributed by atoms with E-state index in [9.17, 15) is 9.59 Å². The minimum atomic E-state index is -0.202. The molecule has 0 aromatic heterocycles. The second kappa shape index (κ2) is 10.2. The molecule has 3 aromatic carbocycles. The Balaban J connectivity index is 1.50. The topological polar surface area (TPSA) is 61.8 Å². The number of halogens is 2. The highest BCUT2D eigenvalue weighted by Gasteiger charge is 2.33. The second-order valence-electron chi connectivity index (χ2n) is 7.48. The van der Waals surface area contributed by atoms with Gasteiger partial charge in [0.05, 0.1) is 11.8 Å². The maximum atomic E-state index is 13.1. The first-order valence-electron chi connectivity index (χ1n) is 10.3. The van der Waals surface area contributed by atoms with Gasteiger partial charge in [0.25, 0.3) is 0 Å². The Bertz CT molecular complexity index is 1130. The number of benzene rings is 3. The van der Waals surface area contributed by atoms with E-state index < -0.39 is 0 Å². The summed E-state index contributed by atoms with van der Waals surface area (Å²) < 4.78 is 1.96. The minimum Gasteiger partial charge on any atom is -0.326 e. The summed E-state index contributed by atoms with van der Waals surface area (Å²) in [5.41, 5.74) is 3.56. The van der Waals surface area contributed by atoms with Crippen molar-refractivity contribution in [2.24, 2.45) is 5.10 Å². The lowest BCUT2D eigenvalue weighted by molar-refractivity contribution is -0.134. The van der Waals surface area contributed by atoms with Crippen LogP contribution < -0.4 is 5.32 Å². The summed E-state index contributed by atoms with van der Waals surface area (Å²) in [5, 5.41) is 9.03. The summed E-state index contributed by atoms with van der Waals surface area (Å²) in [4.78, 5) is 25.4. The van der Waals surface area contributed by atoms with Crippen LogP contribution in [0, 0.1) is 0 Å². The van der Waals surface area contributed by atoms with Gasteiger partial charge in [0.2, 0.25) is 11.8 Å². The number of amides is 2. The summed E-state index contributed by atoms with van der Waals surface area (Å²) in [6, 6.07) is 24.8. The average Bonchev–Trinajstić information content (AvgIpc) is 3.25. The SMILES string of the molecule is O=C(CCC(=O)N1N=C(c2ccc(Br)cc2)C[C@@H]1c1ccc(Br)cc1)Nc1ccccc1. The van der Waals surface area contributed by atoms with E-state index in [-0.39, 0.29) is 30.7 Å². The highest BCUT2D eigenvalue weighted by atomic mass is 79.9. The van der Waals surface area contributed by atoms with Crippen LogP contribution in [0.3, 0.4) is 0 Å². The molecule has 2 amide bonds. The van der Waals surface area contributed by atoms with Crippen molar-refractivity contribution in [1.82, 2.24) is 5.01 Å². The molecule has 1 aliphatic heterocycles. The van der Waals surface area contributed by atoms with Crippen LogP contribution in [0.25, 0.3) is 0 Å². The van der Waals surface area contributed by atoms with Gasteiger partial charge in [-0.15, -0.1) is 0 Å². The number of carbonyl (C=O) groups excluding carboxylic acids is 2. The summed E-state index contributed by atoms with van der Waals surface area (Å²) in [6.45, 7) is 0. The largest absolute Gasteiger partial charge is 0.326 e. The lowest BCUT2D eigenvalue weighted by Crippen LogP contribution is -2.28. The fourth-order valence-corrected chi connectivity index (χ4v) is 4.11. The molecule has 0 radical (unpaired) electrons. The molecule has 5 nitrogen and oxygen atoms in total. The van der Waals surface area contributed by atoms with Crippen molar-refractivity contribution in [2.75, 3.05) is 5.32 Å². The third-order valence-corrected chi connectivity index (χ3v) is 6.28. The van der Waals surface area contributed by atoms with Gasteiger partial charge in [0.1, 0.15) is 0 Å². The zero-order valence-electron chi connectivity index (χ0n) is 17.2. The number of rotatable bonds is 6. The molecule has 1 heterocycles. The Kier molecular flexibility index (Phi) is 7.17. The maximum Gasteiger partial charge on any atom is 0.243 e. The van der Waals surface area contributed by atoms with E-state index in [1.54, 1.807) is 0 Å². The van der Waals surface area contributed by atoms with Crippen molar-refractivity contribution in [3.05, 3.63) is 98.9 Å². The molecule has 0 unspecified atom stereocenters.